The van der Waals surface area contributed by atoms with E-state index >= 15 is 0 Å². The number of nitrogens with zero attached hydrogens (tertiary/aromatic N) is 2. The molecule has 1 aromatic carbocycles. The Labute approximate surface area is 148 Å². The van der Waals surface area contributed by atoms with Crippen molar-refractivity contribution in [3.8, 4) is 11.5 Å². The van der Waals surface area contributed by atoms with Crippen molar-refractivity contribution in [3.05, 3.63) is 42.3 Å². The highest BCUT2D eigenvalue weighted by Gasteiger charge is 2.28. The maximum atomic E-state index is 12.3. The summed E-state index contributed by atoms with van der Waals surface area (Å²) in [6, 6.07) is 9.66. The number of amides is 1. The van der Waals surface area contributed by atoms with Crippen LogP contribution in [0.3, 0.4) is 0 Å². The first-order valence-electron chi connectivity index (χ1n) is 8.64. The van der Waals surface area contributed by atoms with Crippen LogP contribution in [0.25, 0.3) is 11.5 Å². The fourth-order valence-corrected chi connectivity index (χ4v) is 2.92. The predicted molar refractivity (Wildman–Crippen MR) is 95.1 cm³/mol. The second-order valence-electron chi connectivity index (χ2n) is 6.88. The zero-order chi connectivity index (χ0) is 17.7. The minimum Gasteiger partial charge on any atom is -0.444 e. The average Bonchev–Trinajstić information content (AvgIpc) is 3.10. The number of hydrogen-bond acceptors (Lipinski definition) is 5. The van der Waals surface area contributed by atoms with Gasteiger partial charge in [0, 0.05) is 30.7 Å². The smallest absolute Gasteiger partial charge is 0.226 e. The lowest BCUT2D eigenvalue weighted by molar-refractivity contribution is -0.121. The molecular weight excluding hydrogens is 318 g/mol. The molecule has 0 saturated carbocycles. The topological polar surface area (TPSA) is 67.6 Å². The minimum absolute atomic E-state index is 0.0470. The molecule has 1 N–H and O–H groups in total. The monoisotopic (exact) mass is 343 g/mol. The van der Waals surface area contributed by atoms with Gasteiger partial charge in [-0.05, 0) is 26.0 Å². The Morgan fingerprint density at radius 3 is 2.68 bits per heavy atom. The number of rotatable bonds is 6. The number of hydrogen-bond donors (Lipinski definition) is 1. The Balaban J connectivity index is 1.52. The van der Waals surface area contributed by atoms with Crippen LogP contribution in [0.5, 0.6) is 0 Å². The number of carbonyl (C=O) groups is 1. The van der Waals surface area contributed by atoms with E-state index in [0.29, 0.717) is 18.1 Å². The van der Waals surface area contributed by atoms with Gasteiger partial charge in [-0.1, -0.05) is 18.2 Å². The van der Waals surface area contributed by atoms with Gasteiger partial charge in [0.15, 0.2) is 0 Å². The van der Waals surface area contributed by atoms with Crippen LogP contribution in [-0.2, 0) is 16.0 Å². The first-order chi connectivity index (χ1) is 12.0. The predicted octanol–water partition coefficient (Wildman–Crippen LogP) is 2.11. The molecule has 1 aromatic heterocycles. The molecule has 2 aromatic rings. The van der Waals surface area contributed by atoms with E-state index < -0.39 is 0 Å². The van der Waals surface area contributed by atoms with Crippen molar-refractivity contribution in [1.29, 1.82) is 0 Å². The molecule has 2 heterocycles. The molecule has 0 radical (unpaired) electrons. The van der Waals surface area contributed by atoms with Gasteiger partial charge >= 0.3 is 0 Å². The highest BCUT2D eigenvalue weighted by Crippen LogP contribution is 2.18. The van der Waals surface area contributed by atoms with Crippen molar-refractivity contribution in [1.82, 2.24) is 15.2 Å². The van der Waals surface area contributed by atoms with Crippen molar-refractivity contribution in [2.24, 2.45) is 0 Å². The van der Waals surface area contributed by atoms with Gasteiger partial charge in [-0.25, -0.2) is 4.98 Å². The molecule has 0 aliphatic carbocycles. The van der Waals surface area contributed by atoms with Crippen LogP contribution in [0, 0.1) is 0 Å². The summed E-state index contributed by atoms with van der Waals surface area (Å²) in [4.78, 5) is 19.0. The number of ether oxygens (including phenoxy) is 1. The van der Waals surface area contributed by atoms with Crippen molar-refractivity contribution in [2.75, 3.05) is 32.8 Å². The molecule has 134 valence electrons. The molecule has 1 amide bonds. The molecule has 25 heavy (non-hydrogen) atoms. The van der Waals surface area contributed by atoms with E-state index in [1.54, 1.807) is 6.26 Å². The summed E-state index contributed by atoms with van der Waals surface area (Å²) in [6.45, 7) is 8.16. The molecule has 1 aliphatic heterocycles. The number of morpholine rings is 1. The van der Waals surface area contributed by atoms with Crippen molar-refractivity contribution < 1.29 is 13.9 Å². The lowest BCUT2D eigenvalue weighted by Gasteiger charge is -2.40. The largest absolute Gasteiger partial charge is 0.444 e. The van der Waals surface area contributed by atoms with Crippen LogP contribution in [-0.4, -0.2) is 54.2 Å². The normalized spacial score (nSPS) is 15.9. The van der Waals surface area contributed by atoms with Crippen LogP contribution in [0.1, 0.15) is 19.5 Å². The first-order valence-corrected chi connectivity index (χ1v) is 8.64. The first kappa shape index (κ1) is 17.6. The molecule has 1 fully saturated rings. The van der Waals surface area contributed by atoms with Crippen molar-refractivity contribution in [3.63, 3.8) is 0 Å². The third-order valence-corrected chi connectivity index (χ3v) is 4.50. The zero-order valence-electron chi connectivity index (χ0n) is 14.8. The maximum absolute atomic E-state index is 12.3. The van der Waals surface area contributed by atoms with Gasteiger partial charge in [0.05, 0.1) is 25.3 Å². The lowest BCUT2D eigenvalue weighted by atomic mass is 10.0. The zero-order valence-corrected chi connectivity index (χ0v) is 14.8. The van der Waals surface area contributed by atoms with E-state index in [1.807, 2.05) is 30.3 Å². The molecule has 0 atom stereocenters. The third kappa shape index (κ3) is 4.67. The highest BCUT2D eigenvalue weighted by molar-refractivity contribution is 5.78. The summed E-state index contributed by atoms with van der Waals surface area (Å²) >= 11 is 0. The molecule has 0 unspecified atom stereocenters. The van der Waals surface area contributed by atoms with Crippen molar-refractivity contribution >= 4 is 5.91 Å². The fourth-order valence-electron chi connectivity index (χ4n) is 2.92. The SMILES string of the molecule is CC(C)(CNC(=O)Cc1coc(-c2ccccc2)n1)N1CCOCC1. The van der Waals surface area contributed by atoms with E-state index in [1.165, 1.54) is 0 Å². The molecule has 1 saturated heterocycles. The minimum atomic E-state index is -0.0987. The molecule has 1 aliphatic rings. The summed E-state index contributed by atoms with van der Waals surface area (Å²) in [5.74, 6) is 0.492. The van der Waals surface area contributed by atoms with Gasteiger partial charge < -0.3 is 14.5 Å². The highest BCUT2D eigenvalue weighted by atomic mass is 16.5. The standard InChI is InChI=1S/C19H25N3O3/c1-19(2,22-8-10-24-11-9-22)14-20-17(23)12-16-13-25-18(21-16)15-6-4-3-5-7-15/h3-7,13H,8-12,14H2,1-2H3,(H,20,23). The number of nitrogens with one attached hydrogen (secondary N) is 1. The second kappa shape index (κ2) is 7.80. The van der Waals surface area contributed by atoms with Crippen LogP contribution in [0.4, 0.5) is 0 Å². The molecule has 3 rings (SSSR count). The fraction of sp³-hybridized carbons (Fsp3) is 0.474. The number of oxazole rings is 1. The molecule has 6 nitrogen and oxygen atoms in total. The van der Waals surface area contributed by atoms with Gasteiger partial charge in [-0.2, -0.15) is 0 Å². The third-order valence-electron chi connectivity index (χ3n) is 4.50. The van der Waals surface area contributed by atoms with Gasteiger partial charge in [-0.3, -0.25) is 9.69 Å². The number of aromatic nitrogens is 1. The Kier molecular flexibility index (Phi) is 5.50. The molecule has 6 heteroatoms. The quantitative estimate of drug-likeness (QED) is 0.870. The van der Waals surface area contributed by atoms with Crippen LogP contribution < -0.4 is 5.32 Å². The van der Waals surface area contributed by atoms with Crippen LogP contribution in [0.2, 0.25) is 0 Å². The van der Waals surface area contributed by atoms with Gasteiger partial charge in [0.1, 0.15) is 6.26 Å². The summed E-state index contributed by atoms with van der Waals surface area (Å²) in [5, 5.41) is 3.01. The second-order valence-corrected chi connectivity index (χ2v) is 6.88. The number of carbonyl (C=O) groups excluding carboxylic acids is 1. The van der Waals surface area contributed by atoms with E-state index in [-0.39, 0.29) is 17.9 Å². The summed E-state index contributed by atoms with van der Waals surface area (Å²) in [7, 11) is 0. The average molecular weight is 343 g/mol. The van der Waals surface area contributed by atoms with Gasteiger partial charge in [0.25, 0.3) is 0 Å². The van der Waals surface area contributed by atoms with E-state index in [0.717, 1.165) is 31.9 Å². The Morgan fingerprint density at radius 2 is 1.96 bits per heavy atom. The Morgan fingerprint density at radius 1 is 1.24 bits per heavy atom. The van der Waals surface area contributed by atoms with Crippen LogP contribution >= 0.6 is 0 Å². The van der Waals surface area contributed by atoms with E-state index in [2.05, 4.69) is 29.0 Å². The van der Waals surface area contributed by atoms with E-state index in [4.69, 9.17) is 9.15 Å². The Hall–Kier alpha value is -2.18. The van der Waals surface area contributed by atoms with Gasteiger partial charge in [-0.15, -0.1) is 0 Å². The van der Waals surface area contributed by atoms with Crippen LogP contribution in [0.15, 0.2) is 41.0 Å². The molecular formula is C19H25N3O3. The lowest BCUT2D eigenvalue weighted by Crippen LogP contribution is -2.55. The summed E-state index contributed by atoms with van der Waals surface area (Å²) in [5.41, 5.74) is 1.45. The molecule has 0 bridgehead atoms. The molecule has 0 spiro atoms. The van der Waals surface area contributed by atoms with Gasteiger partial charge in [0.2, 0.25) is 11.8 Å². The summed E-state index contributed by atoms with van der Waals surface area (Å²) in [6.07, 6.45) is 1.77. The van der Waals surface area contributed by atoms with E-state index in [9.17, 15) is 4.79 Å². The maximum Gasteiger partial charge on any atom is 0.226 e. The summed E-state index contributed by atoms with van der Waals surface area (Å²) < 4.78 is 10.9. The number of benzene rings is 1. The Bertz CT molecular complexity index is 691. The van der Waals surface area contributed by atoms with Crippen molar-refractivity contribution in [2.45, 2.75) is 25.8 Å².